The second kappa shape index (κ2) is 6.79. The molecule has 0 unspecified atom stereocenters. The molecule has 0 fully saturated rings. The molecule has 0 radical (unpaired) electrons. The van der Waals surface area contributed by atoms with Crippen LogP contribution in [0, 0.1) is 23.0 Å². The number of amides is 1. The molecule has 1 amide bonds. The highest BCUT2D eigenvalue weighted by atomic mass is 16.6. The Morgan fingerprint density at radius 2 is 2.10 bits per heavy atom. The Balaban J connectivity index is 2.79. The molecule has 0 aliphatic heterocycles. The molecule has 1 N–H and O–H groups in total. The van der Waals surface area contributed by atoms with Crippen molar-refractivity contribution in [2.75, 3.05) is 0 Å². The second-order valence-corrected chi connectivity index (χ2v) is 5.14. The maximum atomic E-state index is 11.9. The number of nitrogens with one attached hydrogen (secondary N) is 1. The van der Waals surface area contributed by atoms with Crippen LogP contribution in [0.4, 0.5) is 5.69 Å². The molecule has 1 aromatic carbocycles. The van der Waals surface area contributed by atoms with E-state index in [0.717, 1.165) is 12.1 Å². The number of nitrogens with zero attached hydrogens (tertiary/aromatic N) is 2. The third-order valence-electron chi connectivity index (χ3n) is 2.71. The molecule has 20 heavy (non-hydrogen) atoms. The molecule has 6 heteroatoms. The van der Waals surface area contributed by atoms with E-state index in [1.165, 1.54) is 18.2 Å². The number of hydrogen-bond acceptors (Lipinski definition) is 4. The van der Waals surface area contributed by atoms with Crippen LogP contribution in [0.25, 0.3) is 0 Å². The molecule has 108 valence electrons. The molecule has 0 heterocycles. The predicted molar refractivity (Wildman–Crippen MR) is 77.9 cm³/mol. The minimum absolute atomic E-state index is 0.000963. The van der Waals surface area contributed by atoms with E-state index in [1.807, 2.05) is 6.92 Å². The Morgan fingerprint density at radius 3 is 2.60 bits per heavy atom. The summed E-state index contributed by atoms with van der Waals surface area (Å²) in [5.41, 5.74) is 4.11. The van der Waals surface area contributed by atoms with Crippen LogP contribution in [0.1, 0.15) is 43.1 Å². The molecule has 6 nitrogen and oxygen atoms in total. The predicted octanol–water partition coefficient (Wildman–Crippen LogP) is 3.06. The first kappa shape index (κ1) is 15.8. The summed E-state index contributed by atoms with van der Waals surface area (Å²) in [5.74, 6) is 0.100. The average molecular weight is 277 g/mol. The normalized spacial score (nSPS) is 11.6. The molecule has 0 atom stereocenters. The maximum absolute atomic E-state index is 11.9. The van der Waals surface area contributed by atoms with Gasteiger partial charge in [0.15, 0.2) is 0 Å². The average Bonchev–Trinajstić information content (AvgIpc) is 2.34. The molecule has 1 rings (SSSR count). The number of carbonyl (C=O) groups excluding carboxylic acids is 1. The van der Waals surface area contributed by atoms with Gasteiger partial charge in [-0.05, 0) is 38.3 Å². The van der Waals surface area contributed by atoms with Crippen molar-refractivity contribution in [2.24, 2.45) is 11.0 Å². The van der Waals surface area contributed by atoms with Gasteiger partial charge in [-0.15, -0.1) is 0 Å². The van der Waals surface area contributed by atoms with Crippen LogP contribution in [0.5, 0.6) is 0 Å². The van der Waals surface area contributed by atoms with Gasteiger partial charge >= 0.3 is 0 Å². The maximum Gasteiger partial charge on any atom is 0.272 e. The molecule has 0 aromatic heterocycles. The highest BCUT2D eigenvalue weighted by Gasteiger charge is 2.13. The zero-order valence-corrected chi connectivity index (χ0v) is 12.1. The van der Waals surface area contributed by atoms with Crippen LogP contribution < -0.4 is 5.43 Å². The summed E-state index contributed by atoms with van der Waals surface area (Å²) in [4.78, 5) is 22.1. The van der Waals surface area contributed by atoms with Gasteiger partial charge in [-0.25, -0.2) is 5.43 Å². The van der Waals surface area contributed by atoms with Gasteiger partial charge in [0.2, 0.25) is 0 Å². The van der Waals surface area contributed by atoms with Gasteiger partial charge in [0.05, 0.1) is 4.92 Å². The number of nitro benzene ring substituents is 1. The Bertz CT molecular complexity index is 551. The van der Waals surface area contributed by atoms with Crippen molar-refractivity contribution in [3.05, 3.63) is 39.4 Å². The number of rotatable bonds is 5. The van der Waals surface area contributed by atoms with Crippen LogP contribution in [0.3, 0.4) is 0 Å². The molecule has 0 saturated heterocycles. The zero-order valence-electron chi connectivity index (χ0n) is 12.1. The fourth-order valence-corrected chi connectivity index (χ4v) is 1.85. The lowest BCUT2D eigenvalue weighted by molar-refractivity contribution is -0.385. The van der Waals surface area contributed by atoms with E-state index in [9.17, 15) is 14.9 Å². The quantitative estimate of drug-likeness (QED) is 0.510. The summed E-state index contributed by atoms with van der Waals surface area (Å²) in [7, 11) is 0. The Labute approximate surface area is 118 Å². The van der Waals surface area contributed by atoms with Gasteiger partial charge in [0.25, 0.3) is 11.6 Å². The minimum atomic E-state index is -0.470. The molecule has 0 aliphatic carbocycles. The fraction of sp³-hybridized carbons (Fsp3) is 0.429. The van der Waals surface area contributed by atoms with Crippen LogP contribution in [0.2, 0.25) is 0 Å². The fourth-order valence-electron chi connectivity index (χ4n) is 1.85. The van der Waals surface area contributed by atoms with E-state index in [1.54, 1.807) is 6.92 Å². The highest BCUT2D eigenvalue weighted by Crippen LogP contribution is 2.18. The first-order valence-corrected chi connectivity index (χ1v) is 6.39. The van der Waals surface area contributed by atoms with Gasteiger partial charge in [-0.2, -0.15) is 5.10 Å². The van der Waals surface area contributed by atoms with Gasteiger partial charge in [-0.3, -0.25) is 14.9 Å². The molecule has 0 saturated carbocycles. The van der Waals surface area contributed by atoms with E-state index < -0.39 is 4.92 Å². The third-order valence-corrected chi connectivity index (χ3v) is 2.71. The lowest BCUT2D eigenvalue weighted by Crippen LogP contribution is -2.19. The SMILES string of the molecule is CC(CC(C)C)=NNC(=O)c1ccc([N+](=O)[O-])c(C)c1. The standard InChI is InChI=1S/C14H19N3O3/c1-9(2)7-11(4)15-16-14(18)12-5-6-13(17(19)20)10(3)8-12/h5-6,8-9H,7H2,1-4H3,(H,16,18). The molecule has 0 aliphatic rings. The molecular weight excluding hydrogens is 258 g/mol. The lowest BCUT2D eigenvalue weighted by Gasteiger charge is -2.05. The summed E-state index contributed by atoms with van der Waals surface area (Å²) in [6, 6.07) is 4.24. The van der Waals surface area contributed by atoms with Crippen LogP contribution in [-0.2, 0) is 0 Å². The van der Waals surface area contributed by atoms with E-state index in [0.29, 0.717) is 17.0 Å². The number of carbonyl (C=O) groups is 1. The van der Waals surface area contributed by atoms with Gasteiger partial charge in [-0.1, -0.05) is 13.8 Å². The summed E-state index contributed by atoms with van der Waals surface area (Å²) in [5, 5.41) is 14.7. The monoisotopic (exact) mass is 277 g/mol. The first-order chi connectivity index (χ1) is 9.31. The number of hydrazone groups is 1. The Morgan fingerprint density at radius 1 is 1.45 bits per heavy atom. The molecular formula is C14H19N3O3. The summed E-state index contributed by atoms with van der Waals surface area (Å²) in [6.07, 6.45) is 0.805. The van der Waals surface area contributed by atoms with Crippen molar-refractivity contribution in [3.8, 4) is 0 Å². The van der Waals surface area contributed by atoms with Gasteiger partial charge in [0.1, 0.15) is 0 Å². The number of aryl methyl sites for hydroxylation is 1. The minimum Gasteiger partial charge on any atom is -0.267 e. The first-order valence-electron chi connectivity index (χ1n) is 6.39. The summed E-state index contributed by atoms with van der Waals surface area (Å²) >= 11 is 0. The Hall–Kier alpha value is -2.24. The largest absolute Gasteiger partial charge is 0.272 e. The van der Waals surface area contributed by atoms with E-state index in [4.69, 9.17) is 0 Å². The van der Waals surface area contributed by atoms with Crippen molar-refractivity contribution >= 4 is 17.3 Å². The highest BCUT2D eigenvalue weighted by molar-refractivity contribution is 5.95. The molecule has 0 bridgehead atoms. The number of nitro groups is 1. The number of benzene rings is 1. The summed E-state index contributed by atoms with van der Waals surface area (Å²) < 4.78 is 0. The van der Waals surface area contributed by atoms with E-state index in [2.05, 4.69) is 24.4 Å². The van der Waals surface area contributed by atoms with Gasteiger partial charge in [0, 0.05) is 22.9 Å². The van der Waals surface area contributed by atoms with Crippen molar-refractivity contribution in [3.63, 3.8) is 0 Å². The van der Waals surface area contributed by atoms with Crippen LogP contribution in [-0.4, -0.2) is 16.5 Å². The third kappa shape index (κ3) is 4.46. The van der Waals surface area contributed by atoms with Crippen LogP contribution in [0.15, 0.2) is 23.3 Å². The number of hydrogen-bond donors (Lipinski definition) is 1. The van der Waals surface area contributed by atoms with Crippen molar-refractivity contribution in [1.82, 2.24) is 5.43 Å². The summed E-state index contributed by atoms with van der Waals surface area (Å²) in [6.45, 7) is 7.59. The molecule has 0 spiro atoms. The second-order valence-electron chi connectivity index (χ2n) is 5.14. The Kier molecular flexibility index (Phi) is 5.37. The zero-order chi connectivity index (χ0) is 15.3. The van der Waals surface area contributed by atoms with E-state index in [-0.39, 0.29) is 11.6 Å². The smallest absolute Gasteiger partial charge is 0.267 e. The lowest BCUT2D eigenvalue weighted by atomic mass is 10.1. The van der Waals surface area contributed by atoms with E-state index >= 15 is 0 Å². The van der Waals surface area contributed by atoms with Crippen molar-refractivity contribution < 1.29 is 9.72 Å². The van der Waals surface area contributed by atoms with Crippen molar-refractivity contribution in [2.45, 2.75) is 34.1 Å². The topological polar surface area (TPSA) is 84.6 Å². The van der Waals surface area contributed by atoms with Gasteiger partial charge < -0.3 is 0 Å². The van der Waals surface area contributed by atoms with Crippen LogP contribution >= 0.6 is 0 Å². The molecule has 1 aromatic rings. The van der Waals surface area contributed by atoms with Crippen molar-refractivity contribution in [1.29, 1.82) is 0 Å².